The quantitative estimate of drug-likeness (QED) is 0.0169. The zero-order chi connectivity index (χ0) is 71.8. The van der Waals surface area contributed by atoms with Gasteiger partial charge in [-0.15, -0.1) is 0 Å². The molecule has 0 saturated carbocycles. The first-order valence-corrected chi connectivity index (χ1v) is 41.5. The number of rotatable bonds is 72. The molecule has 19 heteroatoms. The molecule has 17 nitrogen and oxygen atoms in total. The molecule has 0 bridgehead atoms. The Morgan fingerprint density at radius 1 is 0.296 bits per heavy atom. The molecule has 0 aromatic carbocycles. The van der Waals surface area contributed by atoms with Crippen LogP contribution < -0.4 is 0 Å². The second kappa shape index (κ2) is 71.4. The molecule has 3 N–H and O–H groups in total. The van der Waals surface area contributed by atoms with Crippen LogP contribution in [-0.2, 0) is 65.4 Å². The Balaban J connectivity index is 5.31. The zero-order valence-electron chi connectivity index (χ0n) is 61.7. The van der Waals surface area contributed by atoms with Gasteiger partial charge in [-0.2, -0.15) is 0 Å². The summed E-state index contributed by atoms with van der Waals surface area (Å²) in [5.41, 5.74) is 0. The number of phosphoric ester groups is 2. The van der Waals surface area contributed by atoms with Crippen molar-refractivity contribution in [3.63, 3.8) is 0 Å². The maximum absolute atomic E-state index is 13.1. The minimum absolute atomic E-state index is 0.0817. The fourth-order valence-electron chi connectivity index (χ4n) is 10.2. The number of hydrogen-bond acceptors (Lipinski definition) is 15. The van der Waals surface area contributed by atoms with E-state index in [0.717, 1.165) is 180 Å². The van der Waals surface area contributed by atoms with Gasteiger partial charge in [0.2, 0.25) is 0 Å². The molecular formula is C79H138O17P2. The van der Waals surface area contributed by atoms with E-state index in [4.69, 9.17) is 37.0 Å². The van der Waals surface area contributed by atoms with Crippen molar-refractivity contribution in [3.05, 3.63) is 97.2 Å². The van der Waals surface area contributed by atoms with Crippen LogP contribution in [0.5, 0.6) is 0 Å². The molecule has 0 aliphatic heterocycles. The van der Waals surface area contributed by atoms with Gasteiger partial charge in [0.15, 0.2) is 12.2 Å². The van der Waals surface area contributed by atoms with Crippen molar-refractivity contribution >= 4 is 39.5 Å². The minimum atomic E-state index is -4.98. The molecule has 566 valence electrons. The van der Waals surface area contributed by atoms with Gasteiger partial charge in [0, 0.05) is 25.7 Å². The normalized spacial score (nSPS) is 14.5. The fraction of sp³-hybridized carbons (Fsp3) is 0.747. The Labute approximate surface area is 595 Å². The van der Waals surface area contributed by atoms with Gasteiger partial charge in [-0.05, 0) is 122 Å². The van der Waals surface area contributed by atoms with Gasteiger partial charge in [-0.3, -0.25) is 37.3 Å². The van der Waals surface area contributed by atoms with Crippen LogP contribution in [0.1, 0.15) is 323 Å². The van der Waals surface area contributed by atoms with Crippen molar-refractivity contribution in [2.75, 3.05) is 39.6 Å². The summed E-state index contributed by atoms with van der Waals surface area (Å²) in [5.74, 6) is -2.20. The molecule has 98 heavy (non-hydrogen) atoms. The van der Waals surface area contributed by atoms with E-state index in [0.29, 0.717) is 25.7 Å². The summed E-state index contributed by atoms with van der Waals surface area (Å²) < 4.78 is 68.4. The third-order valence-electron chi connectivity index (χ3n) is 16.0. The van der Waals surface area contributed by atoms with Crippen LogP contribution in [0.15, 0.2) is 97.2 Å². The Kier molecular flexibility index (Phi) is 68.4. The van der Waals surface area contributed by atoms with Crippen LogP contribution in [0.3, 0.4) is 0 Å². The Bertz CT molecular complexity index is 2240. The zero-order valence-corrected chi connectivity index (χ0v) is 63.5. The van der Waals surface area contributed by atoms with E-state index in [1.54, 1.807) is 0 Å². The van der Waals surface area contributed by atoms with E-state index in [1.807, 2.05) is 0 Å². The number of allylic oxidation sites excluding steroid dienone is 16. The highest BCUT2D eigenvalue weighted by Gasteiger charge is 2.30. The predicted octanol–water partition coefficient (Wildman–Crippen LogP) is 22.0. The van der Waals surface area contributed by atoms with E-state index in [1.165, 1.54) is 64.2 Å². The molecule has 0 aromatic heterocycles. The first-order valence-electron chi connectivity index (χ1n) is 38.5. The van der Waals surface area contributed by atoms with Gasteiger partial charge >= 0.3 is 39.5 Å². The summed E-state index contributed by atoms with van der Waals surface area (Å²) in [6.45, 7) is 4.61. The van der Waals surface area contributed by atoms with Crippen molar-refractivity contribution < 1.29 is 80.2 Å². The van der Waals surface area contributed by atoms with Crippen molar-refractivity contribution in [3.8, 4) is 0 Å². The number of aliphatic hydroxyl groups is 1. The number of esters is 4. The SMILES string of the molecule is CC/C=C\C/C=C\C/C=C\C/C=C\CCCCCCCCC(=O)OCC(COP(=O)(O)OCC(O)COP(=O)(O)OCC(COC(=O)CCCCCCC/C=C\C/C=C\C/C=C\CC)OC(=O)CCCCCCC/C=C\CCCCCC)OC(=O)CCCCCCCCCCCCC. The summed E-state index contributed by atoms with van der Waals surface area (Å²) in [7, 11) is -9.95. The lowest BCUT2D eigenvalue weighted by Gasteiger charge is -2.21. The van der Waals surface area contributed by atoms with Crippen LogP contribution in [0.2, 0.25) is 0 Å². The maximum atomic E-state index is 13.1. The van der Waals surface area contributed by atoms with Crippen LogP contribution in [0.25, 0.3) is 0 Å². The summed E-state index contributed by atoms with van der Waals surface area (Å²) in [6, 6.07) is 0. The van der Waals surface area contributed by atoms with Gasteiger partial charge in [-0.25, -0.2) is 9.13 Å². The molecule has 0 fully saturated rings. The number of ether oxygens (including phenoxy) is 4. The topological polar surface area (TPSA) is 237 Å². The third kappa shape index (κ3) is 70.4. The molecule has 5 unspecified atom stereocenters. The molecule has 5 atom stereocenters. The Morgan fingerprint density at radius 2 is 0.531 bits per heavy atom. The molecule has 0 aliphatic carbocycles. The standard InChI is InChI=1S/C79H138O17P2/c1-5-9-13-17-21-25-29-32-34-35-36-37-39-42-45-48-52-56-60-64-77(82)89-69-74(95-78(83)65-61-57-53-49-43-28-24-20-16-12-8-4)71-93-97(85,86)91-67-73(80)68-92-98(87,88)94-72-75(96-79(84)66-62-58-54-50-46-40-31-27-23-19-15-11-7-3)70-90-76(81)63-59-55-51-47-44-41-38-33-30-26-22-18-14-10-6-2/h9-10,13-14,21-22,25-27,31-34,36-38,73-75,80H,5-8,11-12,15-20,23-24,28-30,35,39-72H2,1-4H3,(H,85,86)(H,87,88)/b13-9-,14-10-,25-21-,26-22-,31-27-,34-32-,37-36-,38-33-. The smallest absolute Gasteiger partial charge is 0.462 e. The molecule has 0 amide bonds. The first kappa shape index (κ1) is 94.0. The second-order valence-corrected chi connectivity index (χ2v) is 28.4. The van der Waals surface area contributed by atoms with Crippen LogP contribution >= 0.6 is 15.6 Å². The van der Waals surface area contributed by atoms with E-state index < -0.39 is 97.5 Å². The first-order chi connectivity index (χ1) is 47.7. The number of carbonyl (C=O) groups is 4. The molecule has 0 radical (unpaired) electrons. The van der Waals surface area contributed by atoms with E-state index >= 15 is 0 Å². The highest BCUT2D eigenvalue weighted by molar-refractivity contribution is 7.47. The molecule has 0 rings (SSSR count). The van der Waals surface area contributed by atoms with Crippen molar-refractivity contribution in [2.45, 2.75) is 341 Å². The largest absolute Gasteiger partial charge is 0.472 e. The van der Waals surface area contributed by atoms with Crippen LogP contribution in [0.4, 0.5) is 0 Å². The summed E-state index contributed by atoms with van der Waals surface area (Å²) in [5, 5.41) is 10.6. The number of unbranched alkanes of at least 4 members (excludes halogenated alkanes) is 30. The second-order valence-electron chi connectivity index (χ2n) is 25.5. The highest BCUT2D eigenvalue weighted by Crippen LogP contribution is 2.45. The number of hydrogen-bond donors (Lipinski definition) is 3. The lowest BCUT2D eigenvalue weighted by atomic mass is 10.1. The Morgan fingerprint density at radius 3 is 0.837 bits per heavy atom. The van der Waals surface area contributed by atoms with Crippen molar-refractivity contribution in [1.29, 1.82) is 0 Å². The average Bonchev–Trinajstić information content (AvgIpc) is 1.00. The lowest BCUT2D eigenvalue weighted by Crippen LogP contribution is -2.30. The monoisotopic (exact) mass is 1420 g/mol. The van der Waals surface area contributed by atoms with E-state index in [2.05, 4.69) is 125 Å². The fourth-order valence-corrected chi connectivity index (χ4v) is 11.8. The third-order valence-corrected chi connectivity index (χ3v) is 17.9. The highest BCUT2D eigenvalue weighted by atomic mass is 31.2. The molecule has 0 saturated heterocycles. The molecule has 0 aliphatic rings. The summed E-state index contributed by atoms with van der Waals surface area (Å²) in [4.78, 5) is 72.8. The van der Waals surface area contributed by atoms with E-state index in [-0.39, 0.29) is 25.7 Å². The summed E-state index contributed by atoms with van der Waals surface area (Å²) >= 11 is 0. The minimum Gasteiger partial charge on any atom is -0.462 e. The predicted molar refractivity (Wildman–Crippen MR) is 399 cm³/mol. The molecular weight excluding hydrogens is 1280 g/mol. The van der Waals surface area contributed by atoms with Crippen molar-refractivity contribution in [1.82, 2.24) is 0 Å². The molecule has 0 aromatic rings. The summed E-state index contributed by atoms with van der Waals surface area (Å²) in [6.07, 6.45) is 74.0. The van der Waals surface area contributed by atoms with Crippen molar-refractivity contribution in [2.24, 2.45) is 0 Å². The maximum Gasteiger partial charge on any atom is 0.472 e. The van der Waals surface area contributed by atoms with Crippen LogP contribution in [-0.4, -0.2) is 96.7 Å². The number of carbonyl (C=O) groups excluding carboxylic acids is 4. The average molecular weight is 1420 g/mol. The van der Waals surface area contributed by atoms with E-state index in [9.17, 15) is 43.2 Å². The van der Waals surface area contributed by atoms with Gasteiger partial charge < -0.3 is 33.8 Å². The number of aliphatic hydroxyl groups excluding tert-OH is 1. The van der Waals surface area contributed by atoms with Gasteiger partial charge in [0.05, 0.1) is 26.4 Å². The van der Waals surface area contributed by atoms with Crippen LogP contribution in [0, 0.1) is 0 Å². The Hall–Kier alpha value is -4.02. The molecule has 0 heterocycles. The van der Waals surface area contributed by atoms with Gasteiger partial charge in [0.25, 0.3) is 0 Å². The van der Waals surface area contributed by atoms with Gasteiger partial charge in [0.1, 0.15) is 19.3 Å². The number of phosphoric acid groups is 2. The molecule has 0 spiro atoms. The lowest BCUT2D eigenvalue weighted by molar-refractivity contribution is -0.161. The van der Waals surface area contributed by atoms with Gasteiger partial charge in [-0.1, -0.05) is 273 Å².